The van der Waals surface area contributed by atoms with Crippen molar-refractivity contribution < 1.29 is 80.9 Å². The minimum Gasteiger partial charge on any atom is -0.386 e. The molecule has 348 valence electrons. The number of nitrogen functional groups attached to an aromatic ring is 1. The fourth-order valence-electron chi connectivity index (χ4n) is 6.59. The smallest absolute Gasteiger partial charge is 0.386 e. The van der Waals surface area contributed by atoms with E-state index >= 15 is 0 Å². The average molecular weight is 934 g/mol. The van der Waals surface area contributed by atoms with Crippen LogP contribution in [-0.4, -0.2) is 166 Å². The third kappa shape index (κ3) is 18.5. The van der Waals surface area contributed by atoms with Crippen LogP contribution >= 0.6 is 27.4 Å². The van der Waals surface area contributed by atoms with Crippen molar-refractivity contribution in [3.05, 3.63) is 22.2 Å². The standard InChI is InChI=1S/C33H57N7O18P2S/c34-30-21(18-40(33(45)39-30)31-28(43)29(58-60(49,50)51)23(57-31)19-56-59(46,47)48)4-3-8-35-26(42)7-10-52-12-14-54-16-17-55-15-13-53-11-9-36-25(41)6-2-1-5-24-27-22(20-61-24)37-32(44)38-27/h18,22-24,27-29,31,43H,1-17,19-20H2,(H,35,42)(H,36,41)(H2,34,39,45)(H2,37,38,44)(H2,46,47,48)(H2,49,50,51)/t22-,23?,24-,27-,28?,29?,31?/m0/s1. The summed E-state index contributed by atoms with van der Waals surface area (Å²) in [5.41, 5.74) is 5.21. The van der Waals surface area contributed by atoms with E-state index in [-0.39, 0.29) is 68.3 Å². The van der Waals surface area contributed by atoms with Gasteiger partial charge in [0, 0.05) is 48.7 Å². The van der Waals surface area contributed by atoms with Gasteiger partial charge in [-0.2, -0.15) is 16.7 Å². The average Bonchev–Trinajstić information content (AvgIpc) is 3.84. The van der Waals surface area contributed by atoms with Gasteiger partial charge in [0.05, 0.1) is 71.5 Å². The van der Waals surface area contributed by atoms with Crippen molar-refractivity contribution in [2.45, 2.75) is 86.8 Å². The van der Waals surface area contributed by atoms with Gasteiger partial charge in [0.25, 0.3) is 0 Å². The fourth-order valence-corrected chi connectivity index (χ4v) is 9.05. The van der Waals surface area contributed by atoms with Crippen molar-refractivity contribution >= 4 is 51.1 Å². The number of aryl methyl sites for hydroxylation is 1. The molecular weight excluding hydrogens is 876 g/mol. The van der Waals surface area contributed by atoms with Crippen LogP contribution in [0, 0.1) is 0 Å². The summed E-state index contributed by atoms with van der Waals surface area (Å²) in [7, 11) is -10.3. The number of aromatic nitrogens is 2. The van der Waals surface area contributed by atoms with E-state index in [9.17, 15) is 43.2 Å². The maximum absolute atomic E-state index is 12.6. The molecule has 0 saturated carbocycles. The quantitative estimate of drug-likeness (QED) is 0.0227. The lowest BCUT2D eigenvalue weighted by Crippen LogP contribution is -2.38. The van der Waals surface area contributed by atoms with E-state index in [0.29, 0.717) is 69.8 Å². The summed E-state index contributed by atoms with van der Waals surface area (Å²) < 4.78 is 59.7. The van der Waals surface area contributed by atoms with Gasteiger partial charge in [-0.1, -0.05) is 6.42 Å². The van der Waals surface area contributed by atoms with Gasteiger partial charge < -0.3 is 75.4 Å². The molecule has 3 aliphatic heterocycles. The number of phosphoric acid groups is 2. The van der Waals surface area contributed by atoms with Crippen LogP contribution in [0.5, 0.6) is 0 Å². The second-order valence-electron chi connectivity index (χ2n) is 14.1. The van der Waals surface area contributed by atoms with E-state index in [2.05, 4.69) is 35.3 Å². The Hall–Kier alpha value is -2.78. The van der Waals surface area contributed by atoms with E-state index in [1.54, 1.807) is 0 Å². The van der Waals surface area contributed by atoms with Gasteiger partial charge in [-0.05, 0) is 25.7 Å². The zero-order valence-corrected chi connectivity index (χ0v) is 36.0. The molecule has 0 aromatic carbocycles. The Labute approximate surface area is 355 Å². The minimum absolute atomic E-state index is 0.00856. The number of aliphatic hydroxyl groups excluding tert-OH is 1. The first-order chi connectivity index (χ1) is 29.0. The first-order valence-corrected chi connectivity index (χ1v) is 23.8. The molecule has 7 atom stereocenters. The largest absolute Gasteiger partial charge is 0.470 e. The summed E-state index contributed by atoms with van der Waals surface area (Å²) in [5.74, 6) is 0.493. The van der Waals surface area contributed by atoms with Crippen molar-refractivity contribution in [1.29, 1.82) is 0 Å². The monoisotopic (exact) mass is 933 g/mol. The molecule has 4 heterocycles. The summed E-state index contributed by atoms with van der Waals surface area (Å²) in [5, 5.41) is 22.6. The second kappa shape index (κ2) is 25.5. The van der Waals surface area contributed by atoms with Crippen LogP contribution < -0.4 is 32.7 Å². The molecule has 61 heavy (non-hydrogen) atoms. The van der Waals surface area contributed by atoms with Crippen LogP contribution in [0.4, 0.5) is 10.6 Å². The van der Waals surface area contributed by atoms with E-state index in [0.717, 1.165) is 29.6 Å². The van der Waals surface area contributed by atoms with E-state index in [1.165, 1.54) is 6.20 Å². The highest BCUT2D eigenvalue weighted by atomic mass is 32.2. The number of nitrogens with zero attached hydrogens (tertiary/aromatic N) is 2. The highest BCUT2D eigenvalue weighted by Gasteiger charge is 2.49. The van der Waals surface area contributed by atoms with Gasteiger partial charge in [0.2, 0.25) is 11.8 Å². The molecule has 3 fully saturated rings. The minimum atomic E-state index is -5.24. The number of thioether (sulfide) groups is 1. The van der Waals surface area contributed by atoms with Gasteiger partial charge in [0.1, 0.15) is 24.1 Å². The maximum Gasteiger partial charge on any atom is 0.470 e. The molecule has 0 spiro atoms. The van der Waals surface area contributed by atoms with Crippen LogP contribution in [0.25, 0.3) is 0 Å². The zero-order chi connectivity index (χ0) is 44.4. The molecule has 3 saturated heterocycles. The first-order valence-electron chi connectivity index (χ1n) is 19.7. The lowest BCUT2D eigenvalue weighted by Gasteiger charge is -2.21. The lowest BCUT2D eigenvalue weighted by molar-refractivity contribution is -0.122. The second-order valence-corrected chi connectivity index (χ2v) is 17.8. The third-order valence-corrected chi connectivity index (χ3v) is 12.0. The number of nitrogens with two attached hydrogens (primary N) is 1. The number of hydrogen-bond donors (Lipinski definition) is 10. The molecule has 0 bridgehead atoms. The van der Waals surface area contributed by atoms with Crippen LogP contribution in [0.3, 0.4) is 0 Å². The Bertz CT molecular complexity index is 1720. The SMILES string of the molecule is Nc1nc(=O)n(C2OC(COP(=O)(O)O)C(OP(=O)(O)O)C2O)cc1CCCNC(=O)CCOCCOCCOCCOCCNC(=O)CCCC[C@@H]1SC[C@@H]2NC(=O)N[C@@H]21. The molecular formula is C33H57N7O18P2S. The molecule has 4 unspecified atom stereocenters. The molecule has 4 amide bonds. The van der Waals surface area contributed by atoms with Crippen molar-refractivity contribution in [3.8, 4) is 0 Å². The Morgan fingerprint density at radius 3 is 2.20 bits per heavy atom. The number of urea groups is 1. The highest BCUT2D eigenvalue weighted by Crippen LogP contribution is 2.45. The van der Waals surface area contributed by atoms with Gasteiger partial charge >= 0.3 is 27.4 Å². The van der Waals surface area contributed by atoms with E-state index in [1.807, 2.05) is 11.8 Å². The molecule has 28 heteroatoms. The summed E-state index contributed by atoms with van der Waals surface area (Å²) in [6, 6.07) is 0.303. The van der Waals surface area contributed by atoms with Crippen LogP contribution in [0.1, 0.15) is 50.3 Å². The molecule has 4 rings (SSSR count). The summed E-state index contributed by atoms with van der Waals surface area (Å²) in [4.78, 5) is 88.7. The van der Waals surface area contributed by atoms with E-state index < -0.39 is 52.5 Å². The Kier molecular flexibility index (Phi) is 21.3. The van der Waals surface area contributed by atoms with Crippen molar-refractivity contribution in [3.63, 3.8) is 0 Å². The van der Waals surface area contributed by atoms with Gasteiger partial charge in [-0.15, -0.1) is 0 Å². The summed E-state index contributed by atoms with van der Waals surface area (Å²) in [6.45, 7) is 2.25. The van der Waals surface area contributed by atoms with Crippen LogP contribution in [0.2, 0.25) is 0 Å². The van der Waals surface area contributed by atoms with Gasteiger partial charge in [0.15, 0.2) is 6.23 Å². The third-order valence-electron chi connectivity index (χ3n) is 9.49. The number of carbonyl (C=O) groups excluding carboxylic acids is 3. The molecule has 11 N–H and O–H groups in total. The number of ether oxygens (including phenoxy) is 5. The van der Waals surface area contributed by atoms with Gasteiger partial charge in [-0.25, -0.2) is 18.7 Å². The Balaban J connectivity index is 0.960. The van der Waals surface area contributed by atoms with E-state index in [4.69, 9.17) is 39.2 Å². The normalized spacial score (nSPS) is 23.8. The molecule has 3 aliphatic rings. The molecule has 25 nitrogen and oxygen atoms in total. The maximum atomic E-state index is 12.6. The predicted molar refractivity (Wildman–Crippen MR) is 214 cm³/mol. The van der Waals surface area contributed by atoms with Crippen LogP contribution in [-0.2, 0) is 57.9 Å². The van der Waals surface area contributed by atoms with Crippen molar-refractivity contribution in [2.24, 2.45) is 0 Å². The van der Waals surface area contributed by atoms with Crippen LogP contribution in [0.15, 0.2) is 11.0 Å². The Morgan fingerprint density at radius 2 is 1.52 bits per heavy atom. The number of phosphoric ester groups is 2. The molecule has 0 radical (unpaired) electrons. The topological polar surface area (TPSA) is 360 Å². The lowest BCUT2D eigenvalue weighted by atomic mass is 10.0. The first kappa shape index (κ1) is 50.9. The van der Waals surface area contributed by atoms with Gasteiger partial charge in [-0.3, -0.25) is 23.2 Å². The summed E-state index contributed by atoms with van der Waals surface area (Å²) >= 11 is 1.87. The Morgan fingerprint density at radius 1 is 0.885 bits per heavy atom. The predicted octanol–water partition coefficient (Wildman–Crippen LogP) is -1.98. The van der Waals surface area contributed by atoms with Crippen molar-refractivity contribution in [1.82, 2.24) is 30.8 Å². The number of fused-ring (bicyclic) bond motifs is 1. The number of carbonyl (C=O) groups is 3. The number of nitrogens with one attached hydrogen (secondary N) is 4. The number of unbranched alkanes of at least 4 members (excludes halogenated alkanes) is 1. The molecule has 1 aromatic heterocycles. The number of anilines is 1. The highest BCUT2D eigenvalue weighted by molar-refractivity contribution is 8.00. The number of hydrogen-bond acceptors (Lipinski definition) is 17. The number of rotatable bonds is 30. The molecule has 0 aliphatic carbocycles. The summed E-state index contributed by atoms with van der Waals surface area (Å²) in [6.07, 6.45) is -2.03. The fraction of sp³-hybridized carbons (Fsp3) is 0.788. The number of amides is 4. The number of aliphatic hydroxyl groups is 1. The van der Waals surface area contributed by atoms with Crippen molar-refractivity contribution in [2.75, 3.05) is 84.0 Å². The molecule has 1 aromatic rings. The zero-order valence-electron chi connectivity index (χ0n) is 33.4.